The van der Waals surface area contributed by atoms with Gasteiger partial charge in [0.2, 0.25) is 0 Å². The highest BCUT2D eigenvalue weighted by atomic mass is 32.1. The molecule has 0 atom stereocenters. The molecule has 0 fully saturated rings. The van der Waals surface area contributed by atoms with Crippen molar-refractivity contribution < 1.29 is 0 Å². The van der Waals surface area contributed by atoms with Gasteiger partial charge in [0.25, 0.3) is 5.56 Å². The molecule has 0 saturated heterocycles. The SMILES string of the molecule is CCNc1nc(Cn2ncccc2=O)nc2sccc12. The van der Waals surface area contributed by atoms with Gasteiger partial charge in [0, 0.05) is 18.8 Å². The van der Waals surface area contributed by atoms with Crippen LogP contribution in [0.3, 0.4) is 0 Å². The Morgan fingerprint density at radius 1 is 1.35 bits per heavy atom. The van der Waals surface area contributed by atoms with E-state index in [1.807, 2.05) is 18.4 Å². The van der Waals surface area contributed by atoms with Crippen LogP contribution in [0.2, 0.25) is 0 Å². The number of nitrogens with one attached hydrogen (secondary N) is 1. The average Bonchev–Trinajstić information content (AvgIpc) is 2.90. The van der Waals surface area contributed by atoms with Gasteiger partial charge in [-0.2, -0.15) is 5.10 Å². The normalized spacial score (nSPS) is 10.8. The van der Waals surface area contributed by atoms with Crippen molar-refractivity contribution in [2.75, 3.05) is 11.9 Å². The summed E-state index contributed by atoms with van der Waals surface area (Å²) < 4.78 is 1.35. The van der Waals surface area contributed by atoms with E-state index in [2.05, 4.69) is 20.4 Å². The Labute approximate surface area is 119 Å². The van der Waals surface area contributed by atoms with Gasteiger partial charge in [0.15, 0.2) is 5.82 Å². The van der Waals surface area contributed by atoms with Crippen LogP contribution in [0.4, 0.5) is 5.82 Å². The Kier molecular flexibility index (Phi) is 3.42. The van der Waals surface area contributed by atoms with E-state index in [0.717, 1.165) is 22.6 Å². The monoisotopic (exact) mass is 287 g/mol. The van der Waals surface area contributed by atoms with Crippen LogP contribution >= 0.6 is 11.3 Å². The first-order valence-corrected chi connectivity index (χ1v) is 7.16. The van der Waals surface area contributed by atoms with E-state index in [9.17, 15) is 4.79 Å². The molecule has 102 valence electrons. The largest absolute Gasteiger partial charge is 0.370 e. The molecular weight excluding hydrogens is 274 g/mol. The van der Waals surface area contributed by atoms with E-state index in [4.69, 9.17) is 0 Å². The van der Waals surface area contributed by atoms with Crippen molar-refractivity contribution >= 4 is 27.4 Å². The van der Waals surface area contributed by atoms with E-state index in [1.165, 1.54) is 10.7 Å². The lowest BCUT2D eigenvalue weighted by Crippen LogP contribution is -2.23. The van der Waals surface area contributed by atoms with E-state index in [0.29, 0.717) is 5.82 Å². The first kappa shape index (κ1) is 12.7. The smallest absolute Gasteiger partial charge is 0.267 e. The zero-order chi connectivity index (χ0) is 13.9. The summed E-state index contributed by atoms with van der Waals surface area (Å²) in [6.45, 7) is 3.07. The lowest BCUT2D eigenvalue weighted by molar-refractivity contribution is 0.617. The Hall–Kier alpha value is -2.28. The third-order valence-corrected chi connectivity index (χ3v) is 3.60. The lowest BCUT2D eigenvalue weighted by Gasteiger charge is -2.07. The standard InChI is InChI=1S/C13H13N5OS/c1-2-14-12-9-5-7-20-13(9)17-10(16-12)8-18-11(19)4-3-6-15-18/h3-7H,2,8H2,1H3,(H,14,16,17). The van der Waals surface area contributed by atoms with E-state index < -0.39 is 0 Å². The van der Waals surface area contributed by atoms with Gasteiger partial charge >= 0.3 is 0 Å². The topological polar surface area (TPSA) is 72.7 Å². The van der Waals surface area contributed by atoms with E-state index >= 15 is 0 Å². The van der Waals surface area contributed by atoms with Crippen LogP contribution in [0.25, 0.3) is 10.2 Å². The minimum Gasteiger partial charge on any atom is -0.370 e. The molecule has 20 heavy (non-hydrogen) atoms. The quantitative estimate of drug-likeness (QED) is 0.791. The van der Waals surface area contributed by atoms with Crippen LogP contribution in [-0.2, 0) is 6.54 Å². The van der Waals surface area contributed by atoms with Gasteiger partial charge in [-0.25, -0.2) is 14.6 Å². The fourth-order valence-corrected chi connectivity index (χ4v) is 2.70. The van der Waals surface area contributed by atoms with Crippen molar-refractivity contribution in [3.63, 3.8) is 0 Å². The van der Waals surface area contributed by atoms with Crippen LogP contribution in [-0.4, -0.2) is 26.3 Å². The highest BCUT2D eigenvalue weighted by molar-refractivity contribution is 7.16. The molecule has 3 heterocycles. The molecule has 6 nitrogen and oxygen atoms in total. The fourth-order valence-electron chi connectivity index (χ4n) is 1.91. The minimum absolute atomic E-state index is 0.160. The highest BCUT2D eigenvalue weighted by Gasteiger charge is 2.09. The summed E-state index contributed by atoms with van der Waals surface area (Å²) in [6, 6.07) is 5.09. The summed E-state index contributed by atoms with van der Waals surface area (Å²) in [6.07, 6.45) is 1.58. The number of fused-ring (bicyclic) bond motifs is 1. The Bertz CT molecular complexity index is 795. The maximum atomic E-state index is 11.7. The summed E-state index contributed by atoms with van der Waals surface area (Å²) >= 11 is 1.56. The molecule has 3 aromatic rings. The first-order chi connectivity index (χ1) is 9.78. The van der Waals surface area contributed by atoms with E-state index in [-0.39, 0.29) is 12.1 Å². The molecule has 0 spiro atoms. The maximum Gasteiger partial charge on any atom is 0.267 e. The molecule has 0 bridgehead atoms. The number of hydrogen-bond donors (Lipinski definition) is 1. The number of hydrogen-bond acceptors (Lipinski definition) is 6. The van der Waals surface area contributed by atoms with Crippen molar-refractivity contribution in [2.45, 2.75) is 13.5 Å². The molecule has 0 unspecified atom stereocenters. The second-order valence-corrected chi connectivity index (χ2v) is 5.07. The molecule has 0 aliphatic carbocycles. The van der Waals surface area contributed by atoms with Crippen LogP contribution < -0.4 is 10.9 Å². The van der Waals surface area contributed by atoms with Crippen molar-refractivity contribution in [1.29, 1.82) is 0 Å². The summed E-state index contributed by atoms with van der Waals surface area (Å²) in [4.78, 5) is 21.6. The van der Waals surface area contributed by atoms with Crippen LogP contribution in [0.5, 0.6) is 0 Å². The van der Waals surface area contributed by atoms with Crippen LogP contribution in [0, 0.1) is 0 Å². The van der Waals surface area contributed by atoms with Crippen molar-refractivity contribution in [3.8, 4) is 0 Å². The van der Waals surface area contributed by atoms with Crippen molar-refractivity contribution in [2.24, 2.45) is 0 Å². The molecule has 0 aromatic carbocycles. The third-order valence-electron chi connectivity index (χ3n) is 2.79. The second-order valence-electron chi connectivity index (χ2n) is 4.18. The average molecular weight is 287 g/mol. The van der Waals surface area contributed by atoms with Crippen molar-refractivity contribution in [3.05, 3.63) is 46.0 Å². The fraction of sp³-hybridized carbons (Fsp3) is 0.231. The molecule has 0 aliphatic heterocycles. The van der Waals surface area contributed by atoms with Crippen molar-refractivity contribution in [1.82, 2.24) is 19.7 Å². The summed E-state index contributed by atoms with van der Waals surface area (Å²) in [7, 11) is 0. The number of thiophene rings is 1. The summed E-state index contributed by atoms with van der Waals surface area (Å²) in [5, 5.41) is 10.2. The highest BCUT2D eigenvalue weighted by Crippen LogP contribution is 2.24. The number of anilines is 1. The third kappa shape index (κ3) is 2.39. The lowest BCUT2D eigenvalue weighted by atomic mass is 10.3. The predicted octanol–water partition coefficient (Wildman–Crippen LogP) is 1.73. The van der Waals surface area contributed by atoms with Crippen LogP contribution in [0.1, 0.15) is 12.7 Å². The Balaban J connectivity index is 2.03. The van der Waals surface area contributed by atoms with Gasteiger partial charge in [-0.05, 0) is 24.4 Å². The number of nitrogens with zero attached hydrogens (tertiary/aromatic N) is 4. The second kappa shape index (κ2) is 5.38. The zero-order valence-corrected chi connectivity index (χ0v) is 11.7. The first-order valence-electron chi connectivity index (χ1n) is 6.28. The van der Waals surface area contributed by atoms with Gasteiger partial charge in [-0.15, -0.1) is 11.3 Å². The molecule has 3 aromatic heterocycles. The zero-order valence-electron chi connectivity index (χ0n) is 10.9. The number of aromatic nitrogens is 4. The van der Waals surface area contributed by atoms with Crippen LogP contribution in [0.15, 0.2) is 34.6 Å². The van der Waals surface area contributed by atoms with E-state index in [1.54, 1.807) is 23.6 Å². The van der Waals surface area contributed by atoms with Gasteiger partial charge in [0.05, 0.1) is 5.39 Å². The maximum absolute atomic E-state index is 11.7. The summed E-state index contributed by atoms with van der Waals surface area (Å²) in [5.74, 6) is 1.38. The molecular formula is C13H13N5OS. The van der Waals surface area contributed by atoms with Gasteiger partial charge < -0.3 is 5.32 Å². The molecule has 3 rings (SSSR count). The summed E-state index contributed by atoms with van der Waals surface area (Å²) in [5.41, 5.74) is -0.160. The molecule has 1 N–H and O–H groups in total. The molecule has 0 amide bonds. The number of rotatable bonds is 4. The predicted molar refractivity (Wildman–Crippen MR) is 79.2 cm³/mol. The molecule has 7 heteroatoms. The minimum atomic E-state index is -0.160. The molecule has 0 radical (unpaired) electrons. The molecule has 0 aliphatic rings. The Morgan fingerprint density at radius 2 is 2.25 bits per heavy atom. The Morgan fingerprint density at radius 3 is 3.05 bits per heavy atom. The van der Waals surface area contributed by atoms with Gasteiger partial charge in [0.1, 0.15) is 17.2 Å². The van der Waals surface area contributed by atoms with Gasteiger partial charge in [-0.3, -0.25) is 4.79 Å². The van der Waals surface area contributed by atoms with Gasteiger partial charge in [-0.1, -0.05) is 0 Å². The molecule has 0 saturated carbocycles.